The average Bonchev–Trinajstić information content (AvgIpc) is 2.23. The number of aliphatic carboxylic acids is 1. The second kappa shape index (κ2) is 5.89. The Kier molecular flexibility index (Phi) is 5.51. The third kappa shape index (κ3) is 3.85. The molecule has 0 amide bonds. The van der Waals surface area contributed by atoms with Crippen LogP contribution in [0.15, 0.2) is 0 Å². The van der Waals surface area contributed by atoms with Gasteiger partial charge in [-0.25, -0.2) is 4.79 Å². The number of esters is 1. The van der Waals surface area contributed by atoms with Gasteiger partial charge in [-0.2, -0.15) is 0 Å². The first-order valence-corrected chi connectivity index (χ1v) is 5.30. The molecule has 0 aliphatic rings. The fourth-order valence-corrected chi connectivity index (χ4v) is 1.03. The highest BCUT2D eigenvalue weighted by atomic mass is 16.6. The van der Waals surface area contributed by atoms with E-state index in [0.717, 1.165) is 0 Å². The Morgan fingerprint density at radius 1 is 1.44 bits per heavy atom. The van der Waals surface area contributed by atoms with Gasteiger partial charge in [-0.05, 0) is 0 Å². The van der Waals surface area contributed by atoms with E-state index in [1.807, 2.05) is 7.85 Å². The largest absolute Gasteiger partial charge is 0.478 e. The lowest BCUT2D eigenvalue weighted by atomic mass is 9.87. The molecular formula is C10H19BO5. The van der Waals surface area contributed by atoms with Crippen LogP contribution in [0.2, 0.25) is 6.32 Å². The van der Waals surface area contributed by atoms with Gasteiger partial charge in [0.1, 0.15) is 7.85 Å². The zero-order valence-electron chi connectivity index (χ0n) is 10.2. The van der Waals surface area contributed by atoms with Crippen LogP contribution in [-0.4, -0.2) is 42.7 Å². The molecule has 16 heavy (non-hydrogen) atoms. The summed E-state index contributed by atoms with van der Waals surface area (Å²) >= 11 is 0. The number of aliphatic hydroxyl groups excluding tert-OH is 1. The van der Waals surface area contributed by atoms with E-state index in [1.165, 1.54) is 13.8 Å². The zero-order valence-corrected chi connectivity index (χ0v) is 10.2. The van der Waals surface area contributed by atoms with Crippen molar-refractivity contribution >= 4 is 19.8 Å². The number of aliphatic hydroxyl groups is 1. The van der Waals surface area contributed by atoms with E-state index in [2.05, 4.69) is 0 Å². The summed E-state index contributed by atoms with van der Waals surface area (Å²) in [5, 5.41) is 18.0. The van der Waals surface area contributed by atoms with E-state index in [9.17, 15) is 9.59 Å². The lowest BCUT2D eigenvalue weighted by molar-refractivity contribution is -0.176. The molecule has 0 saturated carbocycles. The number of rotatable bonds is 6. The van der Waals surface area contributed by atoms with E-state index in [4.69, 9.17) is 14.9 Å². The third-order valence-electron chi connectivity index (χ3n) is 2.59. The molecule has 0 heterocycles. The van der Waals surface area contributed by atoms with Gasteiger partial charge in [0, 0.05) is 11.3 Å². The fraction of sp³-hybridized carbons (Fsp3) is 0.800. The zero-order chi connectivity index (χ0) is 12.9. The number of carboxylic acids is 1. The van der Waals surface area contributed by atoms with E-state index >= 15 is 0 Å². The van der Waals surface area contributed by atoms with Gasteiger partial charge in [0.25, 0.3) is 0 Å². The minimum Gasteiger partial charge on any atom is -0.478 e. The van der Waals surface area contributed by atoms with Gasteiger partial charge in [0.2, 0.25) is 6.10 Å². The summed E-state index contributed by atoms with van der Waals surface area (Å²) in [5.74, 6) is -2.12. The molecule has 0 rings (SSSR count). The van der Waals surface area contributed by atoms with Crippen LogP contribution in [0.5, 0.6) is 0 Å². The number of carbonyl (C=O) groups excluding carboxylic acids is 1. The van der Waals surface area contributed by atoms with Gasteiger partial charge in [0.15, 0.2) is 0 Å². The van der Waals surface area contributed by atoms with Gasteiger partial charge < -0.3 is 14.9 Å². The molecule has 0 radical (unpaired) electrons. The first-order chi connectivity index (χ1) is 7.26. The Morgan fingerprint density at radius 2 is 1.94 bits per heavy atom. The van der Waals surface area contributed by atoms with Crippen molar-refractivity contribution in [3.05, 3.63) is 0 Å². The van der Waals surface area contributed by atoms with Crippen molar-refractivity contribution in [1.82, 2.24) is 0 Å². The molecule has 0 aromatic carbocycles. The average molecular weight is 230 g/mol. The summed E-state index contributed by atoms with van der Waals surface area (Å²) in [6.07, 6.45) is -0.732. The Morgan fingerprint density at radius 3 is 2.25 bits per heavy atom. The van der Waals surface area contributed by atoms with Crippen molar-refractivity contribution in [3.8, 4) is 0 Å². The smallest absolute Gasteiger partial charge is 0.345 e. The predicted molar refractivity (Wildman–Crippen MR) is 60.9 cm³/mol. The van der Waals surface area contributed by atoms with Gasteiger partial charge in [-0.15, -0.1) is 0 Å². The lowest BCUT2D eigenvalue weighted by Crippen LogP contribution is -2.43. The minimum absolute atomic E-state index is 0.337. The summed E-state index contributed by atoms with van der Waals surface area (Å²) in [7, 11) is 1.82. The maximum atomic E-state index is 11.5. The first kappa shape index (κ1) is 15.0. The van der Waals surface area contributed by atoms with Gasteiger partial charge >= 0.3 is 11.9 Å². The predicted octanol–water partition coefficient (Wildman–Crippen LogP) is -0.311. The van der Waals surface area contributed by atoms with E-state index in [0.29, 0.717) is 6.32 Å². The molecule has 0 aromatic heterocycles. The van der Waals surface area contributed by atoms with Crippen LogP contribution < -0.4 is 0 Å². The van der Waals surface area contributed by atoms with Crippen molar-refractivity contribution in [3.63, 3.8) is 0 Å². The van der Waals surface area contributed by atoms with Crippen LogP contribution >= 0.6 is 0 Å². The molecule has 0 aliphatic heterocycles. The van der Waals surface area contributed by atoms with Gasteiger partial charge in [0.05, 0.1) is 6.61 Å². The topological polar surface area (TPSA) is 83.8 Å². The van der Waals surface area contributed by atoms with Gasteiger partial charge in [-0.3, -0.25) is 4.79 Å². The Hall–Kier alpha value is -1.04. The summed E-state index contributed by atoms with van der Waals surface area (Å²) in [4.78, 5) is 22.4. The first-order valence-electron chi connectivity index (χ1n) is 5.30. The Balaban J connectivity index is 4.72. The minimum atomic E-state index is -1.32. The maximum Gasteiger partial charge on any atom is 0.345 e. The van der Waals surface area contributed by atoms with Crippen LogP contribution in [0.1, 0.15) is 20.8 Å². The van der Waals surface area contributed by atoms with E-state index in [-0.39, 0.29) is 12.5 Å². The number of hydrogen-bond acceptors (Lipinski definition) is 4. The van der Waals surface area contributed by atoms with Crippen LogP contribution in [0.25, 0.3) is 0 Å². The number of ether oxygens (including phenoxy) is 1. The highest BCUT2D eigenvalue weighted by molar-refractivity contribution is 6.10. The Bertz CT molecular complexity index is 264. The monoisotopic (exact) mass is 230 g/mol. The quantitative estimate of drug-likeness (QED) is 0.483. The number of hydrogen-bond donors (Lipinski definition) is 2. The second-order valence-electron chi connectivity index (χ2n) is 4.61. The molecule has 92 valence electrons. The summed E-state index contributed by atoms with van der Waals surface area (Å²) in [6, 6.07) is 0. The molecule has 6 heteroatoms. The second-order valence-corrected chi connectivity index (χ2v) is 4.61. The maximum absolute atomic E-state index is 11.5. The van der Waals surface area contributed by atoms with E-state index < -0.39 is 23.5 Å². The normalized spacial score (nSPS) is 15.2. The van der Waals surface area contributed by atoms with Crippen LogP contribution in [-0.2, 0) is 14.3 Å². The molecular weight excluding hydrogens is 211 g/mol. The SMILES string of the molecule is BCC(C)C(=O)OC(C(=O)O)C(C)(C)CO. The van der Waals surface area contributed by atoms with Crippen molar-refractivity contribution in [1.29, 1.82) is 0 Å². The number of carbonyl (C=O) groups is 2. The molecule has 0 aliphatic carbocycles. The Labute approximate surface area is 96.2 Å². The fourth-order valence-electron chi connectivity index (χ4n) is 1.03. The van der Waals surface area contributed by atoms with Crippen LogP contribution in [0.4, 0.5) is 0 Å². The summed E-state index contributed by atoms with van der Waals surface area (Å²) in [5.41, 5.74) is -0.991. The molecule has 0 saturated heterocycles. The molecule has 0 spiro atoms. The lowest BCUT2D eigenvalue weighted by Gasteiger charge is -2.29. The highest BCUT2D eigenvalue weighted by Gasteiger charge is 2.38. The third-order valence-corrected chi connectivity index (χ3v) is 2.59. The molecule has 5 nitrogen and oxygen atoms in total. The van der Waals surface area contributed by atoms with Crippen molar-refractivity contribution in [2.75, 3.05) is 6.61 Å². The molecule has 2 atom stereocenters. The molecule has 2 N–H and O–H groups in total. The number of carboxylic acid groups (broad SMARTS) is 1. The summed E-state index contributed by atoms with van der Waals surface area (Å²) in [6.45, 7) is 4.39. The molecule has 2 unspecified atom stereocenters. The van der Waals surface area contributed by atoms with Crippen molar-refractivity contribution in [2.45, 2.75) is 33.2 Å². The van der Waals surface area contributed by atoms with E-state index in [1.54, 1.807) is 6.92 Å². The molecule has 0 fully saturated rings. The summed E-state index contributed by atoms with van der Waals surface area (Å²) < 4.78 is 4.92. The van der Waals surface area contributed by atoms with Gasteiger partial charge in [-0.1, -0.05) is 27.1 Å². The standard InChI is InChI=1S/C10H19BO5/c1-6(4-11)9(15)16-7(8(13)14)10(2,3)5-12/h6-7,12H,4-5,11H2,1-3H3,(H,13,14). The highest BCUT2D eigenvalue weighted by Crippen LogP contribution is 2.24. The van der Waals surface area contributed by atoms with Crippen molar-refractivity contribution in [2.24, 2.45) is 11.3 Å². The molecule has 0 bridgehead atoms. The van der Waals surface area contributed by atoms with Crippen molar-refractivity contribution < 1.29 is 24.5 Å². The molecule has 0 aromatic rings. The van der Waals surface area contributed by atoms with Crippen LogP contribution in [0, 0.1) is 11.3 Å². The van der Waals surface area contributed by atoms with Crippen LogP contribution in [0.3, 0.4) is 0 Å².